The van der Waals surface area contributed by atoms with Crippen molar-refractivity contribution in [2.45, 2.75) is 11.6 Å². The zero-order valence-corrected chi connectivity index (χ0v) is 12.4. The maximum Gasteiger partial charge on any atom is 0.416 e. The summed E-state index contributed by atoms with van der Waals surface area (Å²) in [6.45, 7) is 0. The van der Waals surface area contributed by atoms with Crippen LogP contribution < -0.4 is 5.32 Å². The van der Waals surface area contributed by atoms with Gasteiger partial charge in [-0.25, -0.2) is 0 Å². The lowest BCUT2D eigenvalue weighted by atomic mass is 10.1. The van der Waals surface area contributed by atoms with E-state index in [1.54, 1.807) is 18.2 Å². The summed E-state index contributed by atoms with van der Waals surface area (Å²) >= 11 is 5.81. The molecule has 0 aliphatic heterocycles. The van der Waals surface area contributed by atoms with Gasteiger partial charge in [0, 0.05) is 11.3 Å². The number of amides is 1. The predicted octanol–water partition coefficient (Wildman–Crippen LogP) is 4.13. The van der Waals surface area contributed by atoms with E-state index in [0.717, 1.165) is 18.2 Å². The molecule has 0 unspecified atom stereocenters. The Labute approximate surface area is 135 Å². The molecular formula is C16H11ClF3NO2. The van der Waals surface area contributed by atoms with Gasteiger partial charge in [-0.05, 0) is 18.2 Å². The molecule has 0 bridgehead atoms. The zero-order chi connectivity index (χ0) is 17.0. The van der Waals surface area contributed by atoms with Crippen molar-refractivity contribution >= 4 is 29.0 Å². The highest BCUT2D eigenvalue weighted by molar-refractivity contribution is 6.45. The summed E-state index contributed by atoms with van der Waals surface area (Å²) in [7, 11) is 0. The third-order valence-electron chi connectivity index (χ3n) is 2.98. The molecule has 0 radical (unpaired) electrons. The third kappa shape index (κ3) is 4.32. The molecule has 1 atom stereocenters. The Bertz CT molecular complexity index is 717. The first-order valence-electron chi connectivity index (χ1n) is 6.50. The SMILES string of the molecule is O=C(Nc1cccc(C(F)(F)F)c1)[C@H](Cl)C(=O)c1ccccc1. The lowest BCUT2D eigenvalue weighted by molar-refractivity contribution is -0.137. The van der Waals surface area contributed by atoms with Crippen molar-refractivity contribution in [3.63, 3.8) is 0 Å². The minimum atomic E-state index is -4.53. The van der Waals surface area contributed by atoms with Crippen molar-refractivity contribution in [2.75, 3.05) is 5.32 Å². The van der Waals surface area contributed by atoms with Gasteiger partial charge in [0.2, 0.25) is 5.91 Å². The van der Waals surface area contributed by atoms with Gasteiger partial charge in [-0.3, -0.25) is 9.59 Å². The van der Waals surface area contributed by atoms with Crippen molar-refractivity contribution in [1.82, 2.24) is 0 Å². The van der Waals surface area contributed by atoms with Gasteiger partial charge in [0.1, 0.15) is 0 Å². The van der Waals surface area contributed by atoms with E-state index in [2.05, 4.69) is 5.32 Å². The molecule has 0 aromatic heterocycles. The Morgan fingerprint density at radius 1 is 1.00 bits per heavy atom. The van der Waals surface area contributed by atoms with Gasteiger partial charge in [-0.15, -0.1) is 11.6 Å². The van der Waals surface area contributed by atoms with E-state index in [9.17, 15) is 22.8 Å². The maximum atomic E-state index is 12.6. The number of benzene rings is 2. The fourth-order valence-electron chi connectivity index (χ4n) is 1.85. The van der Waals surface area contributed by atoms with Gasteiger partial charge in [0.05, 0.1) is 5.56 Å². The fourth-order valence-corrected chi connectivity index (χ4v) is 2.03. The summed E-state index contributed by atoms with van der Waals surface area (Å²) in [4.78, 5) is 24.0. The fraction of sp³-hybridized carbons (Fsp3) is 0.125. The van der Waals surface area contributed by atoms with Gasteiger partial charge in [0.25, 0.3) is 0 Å². The van der Waals surface area contributed by atoms with Crippen LogP contribution in [0.5, 0.6) is 0 Å². The zero-order valence-electron chi connectivity index (χ0n) is 11.6. The summed E-state index contributed by atoms with van der Waals surface area (Å²) in [5.41, 5.74) is -0.751. The molecule has 1 amide bonds. The second-order valence-electron chi connectivity index (χ2n) is 4.66. The molecule has 0 saturated heterocycles. The normalized spacial score (nSPS) is 12.5. The van der Waals surface area contributed by atoms with E-state index >= 15 is 0 Å². The summed E-state index contributed by atoms with van der Waals surface area (Å²) in [5.74, 6) is -1.52. The minimum absolute atomic E-state index is 0.0867. The number of hydrogen-bond acceptors (Lipinski definition) is 2. The Balaban J connectivity index is 2.11. The number of hydrogen-bond donors (Lipinski definition) is 1. The summed E-state index contributed by atoms with van der Waals surface area (Å²) in [6, 6.07) is 12.0. The smallest absolute Gasteiger partial charge is 0.324 e. The van der Waals surface area contributed by atoms with Crippen LogP contribution in [-0.4, -0.2) is 17.1 Å². The number of carbonyl (C=O) groups excluding carboxylic acids is 2. The monoisotopic (exact) mass is 341 g/mol. The van der Waals surface area contributed by atoms with Crippen LogP contribution in [-0.2, 0) is 11.0 Å². The van der Waals surface area contributed by atoms with E-state index < -0.39 is 28.8 Å². The van der Waals surface area contributed by atoms with E-state index in [4.69, 9.17) is 11.6 Å². The van der Waals surface area contributed by atoms with Crippen molar-refractivity contribution in [3.05, 3.63) is 65.7 Å². The van der Waals surface area contributed by atoms with Crippen molar-refractivity contribution < 1.29 is 22.8 Å². The van der Waals surface area contributed by atoms with Crippen LogP contribution in [0.15, 0.2) is 54.6 Å². The molecule has 0 saturated carbocycles. The molecule has 0 aliphatic carbocycles. The average Bonchev–Trinajstić information content (AvgIpc) is 2.53. The Morgan fingerprint density at radius 2 is 1.65 bits per heavy atom. The molecule has 0 heterocycles. The summed E-state index contributed by atoms with van der Waals surface area (Å²) in [6.07, 6.45) is -4.53. The lowest BCUT2D eigenvalue weighted by Crippen LogP contribution is -2.30. The summed E-state index contributed by atoms with van der Waals surface area (Å²) in [5, 5.41) is 0.678. The highest BCUT2D eigenvalue weighted by atomic mass is 35.5. The highest BCUT2D eigenvalue weighted by Crippen LogP contribution is 2.30. The van der Waals surface area contributed by atoms with Crippen LogP contribution in [0.25, 0.3) is 0 Å². The number of Topliss-reactive ketones (excluding diaryl/α,β-unsaturated/α-hetero) is 1. The molecule has 2 aromatic carbocycles. The number of carbonyl (C=O) groups is 2. The Kier molecular flexibility index (Phi) is 5.05. The largest absolute Gasteiger partial charge is 0.416 e. The van der Waals surface area contributed by atoms with Crippen molar-refractivity contribution in [1.29, 1.82) is 0 Å². The first kappa shape index (κ1) is 17.0. The number of alkyl halides is 4. The maximum absolute atomic E-state index is 12.6. The van der Waals surface area contributed by atoms with E-state index in [1.165, 1.54) is 18.2 Å². The standard InChI is InChI=1S/C16H11ClF3NO2/c17-13(14(22)10-5-2-1-3-6-10)15(23)21-12-8-4-7-11(9-12)16(18,19)20/h1-9,13H,(H,21,23)/t13-/m1/s1. The van der Waals surface area contributed by atoms with Gasteiger partial charge in [-0.2, -0.15) is 13.2 Å². The van der Waals surface area contributed by atoms with Crippen LogP contribution in [0.1, 0.15) is 15.9 Å². The molecule has 1 N–H and O–H groups in total. The number of rotatable bonds is 4. The van der Waals surface area contributed by atoms with Crippen LogP contribution in [0, 0.1) is 0 Å². The van der Waals surface area contributed by atoms with Crippen LogP contribution >= 0.6 is 11.6 Å². The van der Waals surface area contributed by atoms with Gasteiger partial charge < -0.3 is 5.32 Å². The number of nitrogens with one attached hydrogen (secondary N) is 1. The lowest BCUT2D eigenvalue weighted by Gasteiger charge is -2.12. The topological polar surface area (TPSA) is 46.2 Å². The first-order chi connectivity index (χ1) is 10.8. The molecule has 2 rings (SSSR count). The van der Waals surface area contributed by atoms with Gasteiger partial charge in [0.15, 0.2) is 11.2 Å². The Hall–Kier alpha value is -2.34. The van der Waals surface area contributed by atoms with E-state index in [0.29, 0.717) is 0 Å². The summed E-state index contributed by atoms with van der Waals surface area (Å²) < 4.78 is 37.9. The number of ketones is 1. The second kappa shape index (κ2) is 6.83. The van der Waals surface area contributed by atoms with Crippen molar-refractivity contribution in [2.24, 2.45) is 0 Å². The van der Waals surface area contributed by atoms with E-state index in [1.807, 2.05) is 0 Å². The van der Waals surface area contributed by atoms with Crippen LogP contribution in [0.2, 0.25) is 0 Å². The average molecular weight is 342 g/mol. The minimum Gasteiger partial charge on any atom is -0.324 e. The molecule has 0 aliphatic rings. The molecule has 0 spiro atoms. The molecule has 7 heteroatoms. The number of anilines is 1. The molecule has 0 fully saturated rings. The molecule has 120 valence electrons. The van der Waals surface area contributed by atoms with Gasteiger partial charge in [-0.1, -0.05) is 36.4 Å². The van der Waals surface area contributed by atoms with Crippen LogP contribution in [0.3, 0.4) is 0 Å². The third-order valence-corrected chi connectivity index (χ3v) is 3.37. The first-order valence-corrected chi connectivity index (χ1v) is 6.94. The molecule has 23 heavy (non-hydrogen) atoms. The second-order valence-corrected chi connectivity index (χ2v) is 5.10. The van der Waals surface area contributed by atoms with E-state index in [-0.39, 0.29) is 11.3 Å². The Morgan fingerprint density at radius 3 is 2.26 bits per heavy atom. The highest BCUT2D eigenvalue weighted by Gasteiger charge is 2.31. The predicted molar refractivity (Wildman–Crippen MR) is 80.5 cm³/mol. The van der Waals surface area contributed by atoms with Crippen molar-refractivity contribution in [3.8, 4) is 0 Å². The molecule has 3 nitrogen and oxygen atoms in total. The van der Waals surface area contributed by atoms with Gasteiger partial charge >= 0.3 is 6.18 Å². The molecule has 2 aromatic rings. The van der Waals surface area contributed by atoms with Crippen LogP contribution in [0.4, 0.5) is 18.9 Å². The molecular weight excluding hydrogens is 331 g/mol. The number of halogens is 4. The quantitative estimate of drug-likeness (QED) is 0.516.